The van der Waals surface area contributed by atoms with E-state index in [1.54, 1.807) is 48.5 Å². The molecule has 14 nitrogen and oxygen atoms in total. The highest BCUT2D eigenvalue weighted by atomic mass is 16.4. The molecule has 0 spiro atoms. The highest BCUT2D eigenvalue weighted by Gasteiger charge is 2.36. The Morgan fingerprint density at radius 3 is 1.03 bits per heavy atom. The second kappa shape index (κ2) is 13.2. The Bertz CT molecular complexity index is 1080. The number of carbonyl (C=O) groups is 6. The zero-order valence-corrected chi connectivity index (χ0v) is 19.7. The summed E-state index contributed by atoms with van der Waals surface area (Å²) in [6.45, 7) is -0.223. The summed E-state index contributed by atoms with van der Waals surface area (Å²) in [5, 5.41) is 35.3. The number of hydrogen-bond acceptors (Lipinski definition) is 8. The maximum Gasteiger partial charge on any atom is 0.332 e. The summed E-state index contributed by atoms with van der Waals surface area (Å²) in [6.07, 6.45) is -3.51. The standard InChI is InChI=1S/2C12H11NO5.2H2O/c2*14-9(12(17)18)5-6-13-10(15)7-3-1-2-4-8(7)11(13)16;;/h2*1-4,9,14H,5-6H2,(H,17,18);2*1H2/t2*9-;;/m00../s1. The van der Waals surface area contributed by atoms with Gasteiger partial charge in [-0.2, -0.15) is 0 Å². The molecular formula is C24H26N2O12. The van der Waals surface area contributed by atoms with E-state index in [1.165, 1.54) is 0 Å². The smallest absolute Gasteiger partial charge is 0.332 e. The number of fused-ring (bicyclic) bond motifs is 2. The molecule has 204 valence electrons. The van der Waals surface area contributed by atoms with Crippen molar-refractivity contribution in [3.63, 3.8) is 0 Å². The van der Waals surface area contributed by atoms with Gasteiger partial charge in [0, 0.05) is 25.9 Å². The molecule has 38 heavy (non-hydrogen) atoms. The molecule has 0 unspecified atom stereocenters. The van der Waals surface area contributed by atoms with Gasteiger partial charge in [-0.25, -0.2) is 9.59 Å². The molecule has 4 amide bonds. The monoisotopic (exact) mass is 534 g/mol. The summed E-state index contributed by atoms with van der Waals surface area (Å²) in [4.78, 5) is 70.3. The molecule has 2 aromatic rings. The highest BCUT2D eigenvalue weighted by Crippen LogP contribution is 2.23. The molecule has 0 fully saturated rings. The Hall–Kier alpha value is -4.50. The van der Waals surface area contributed by atoms with E-state index in [9.17, 15) is 28.8 Å². The van der Waals surface area contributed by atoms with Crippen molar-refractivity contribution in [2.45, 2.75) is 25.0 Å². The van der Waals surface area contributed by atoms with Crippen LogP contribution in [0.2, 0.25) is 0 Å². The molecule has 0 aliphatic carbocycles. The largest absolute Gasteiger partial charge is 0.479 e. The first-order valence-corrected chi connectivity index (χ1v) is 10.8. The van der Waals surface area contributed by atoms with Crippen molar-refractivity contribution >= 4 is 35.6 Å². The maximum atomic E-state index is 11.9. The average molecular weight is 534 g/mol. The molecule has 2 aliphatic rings. The molecule has 0 saturated carbocycles. The zero-order chi connectivity index (χ0) is 26.6. The number of aliphatic hydroxyl groups is 2. The van der Waals surface area contributed by atoms with E-state index in [0.29, 0.717) is 22.3 Å². The van der Waals surface area contributed by atoms with Crippen LogP contribution >= 0.6 is 0 Å². The van der Waals surface area contributed by atoms with Gasteiger partial charge in [-0.3, -0.25) is 29.0 Å². The van der Waals surface area contributed by atoms with Gasteiger partial charge >= 0.3 is 11.9 Å². The third-order valence-electron chi connectivity index (χ3n) is 5.58. The van der Waals surface area contributed by atoms with E-state index in [1.807, 2.05) is 0 Å². The average Bonchev–Trinajstić information content (AvgIpc) is 3.26. The van der Waals surface area contributed by atoms with Crippen LogP contribution in [0.15, 0.2) is 48.5 Å². The number of carboxylic acids is 2. The van der Waals surface area contributed by atoms with Gasteiger partial charge in [-0.15, -0.1) is 0 Å². The number of aliphatic hydroxyl groups excluding tert-OH is 2. The Balaban J connectivity index is 0.000000361. The molecule has 8 N–H and O–H groups in total. The topological polar surface area (TPSA) is 253 Å². The van der Waals surface area contributed by atoms with Crippen molar-refractivity contribution in [3.05, 3.63) is 70.8 Å². The lowest BCUT2D eigenvalue weighted by molar-refractivity contribution is -0.147. The third-order valence-corrected chi connectivity index (χ3v) is 5.58. The fraction of sp³-hybridized carbons (Fsp3) is 0.250. The Labute approximate surface area is 214 Å². The van der Waals surface area contributed by atoms with Crippen LogP contribution in [0.1, 0.15) is 54.3 Å². The van der Waals surface area contributed by atoms with Gasteiger partial charge in [0.15, 0.2) is 12.2 Å². The predicted molar refractivity (Wildman–Crippen MR) is 127 cm³/mol. The minimum atomic E-state index is -1.57. The third kappa shape index (κ3) is 6.43. The summed E-state index contributed by atoms with van der Waals surface area (Å²) in [7, 11) is 0. The van der Waals surface area contributed by atoms with Gasteiger partial charge < -0.3 is 31.4 Å². The first-order chi connectivity index (χ1) is 17.0. The molecule has 0 bridgehead atoms. The molecule has 2 heterocycles. The SMILES string of the molecule is O.O.O=C(O)[C@@H](O)CCN1C(=O)c2ccccc2C1=O.O=C(O)[C@@H](O)CCN1C(=O)c2ccccc2C1=O. The Morgan fingerprint density at radius 2 is 0.816 bits per heavy atom. The van der Waals surface area contributed by atoms with Gasteiger partial charge in [-0.1, -0.05) is 24.3 Å². The summed E-state index contributed by atoms with van der Waals surface area (Å²) in [5.41, 5.74) is 1.25. The number of nitrogens with zero attached hydrogens (tertiary/aromatic N) is 2. The van der Waals surface area contributed by atoms with Gasteiger partial charge in [-0.05, 0) is 24.3 Å². The number of amides is 4. The summed E-state index contributed by atoms with van der Waals surface area (Å²) < 4.78 is 0. The van der Waals surface area contributed by atoms with Crippen LogP contribution in [0.4, 0.5) is 0 Å². The first kappa shape index (κ1) is 31.5. The van der Waals surface area contributed by atoms with Gasteiger partial charge in [0.2, 0.25) is 0 Å². The van der Waals surface area contributed by atoms with Crippen LogP contribution in [0, 0.1) is 0 Å². The fourth-order valence-electron chi connectivity index (χ4n) is 3.63. The number of rotatable bonds is 8. The van der Waals surface area contributed by atoms with Crippen molar-refractivity contribution in [1.29, 1.82) is 0 Å². The Morgan fingerprint density at radius 1 is 0.579 bits per heavy atom. The summed E-state index contributed by atoms with van der Waals surface area (Å²) >= 11 is 0. The van der Waals surface area contributed by atoms with E-state index in [-0.39, 0.29) is 36.9 Å². The molecule has 2 aromatic carbocycles. The molecule has 0 radical (unpaired) electrons. The van der Waals surface area contributed by atoms with Gasteiger partial charge in [0.1, 0.15) is 0 Å². The predicted octanol–water partition coefficient (Wildman–Crippen LogP) is -1.41. The number of carboxylic acid groups (broad SMARTS) is 2. The zero-order valence-electron chi connectivity index (χ0n) is 19.7. The number of imide groups is 2. The van der Waals surface area contributed by atoms with Crippen LogP contribution in [0.25, 0.3) is 0 Å². The number of aliphatic carboxylic acids is 2. The van der Waals surface area contributed by atoms with Crippen molar-refractivity contribution in [2.75, 3.05) is 13.1 Å². The molecule has 2 atom stereocenters. The van der Waals surface area contributed by atoms with E-state index in [0.717, 1.165) is 9.80 Å². The first-order valence-electron chi connectivity index (χ1n) is 10.8. The molecule has 2 aliphatic heterocycles. The fourth-order valence-corrected chi connectivity index (χ4v) is 3.63. The van der Waals surface area contributed by atoms with Crippen molar-refractivity contribution in [2.24, 2.45) is 0 Å². The van der Waals surface area contributed by atoms with Crippen LogP contribution in [-0.2, 0) is 9.59 Å². The summed E-state index contributed by atoms with van der Waals surface area (Å²) in [5.74, 6) is -4.54. The van der Waals surface area contributed by atoms with Crippen LogP contribution < -0.4 is 0 Å². The Kier molecular flexibility index (Phi) is 10.9. The molecule has 4 rings (SSSR count). The lowest BCUT2D eigenvalue weighted by Gasteiger charge is -2.14. The second-order valence-electron chi connectivity index (χ2n) is 7.90. The van der Waals surface area contributed by atoms with Crippen LogP contribution in [-0.4, -0.2) is 102 Å². The molecule has 14 heteroatoms. The van der Waals surface area contributed by atoms with Crippen molar-refractivity contribution in [3.8, 4) is 0 Å². The van der Waals surface area contributed by atoms with Gasteiger partial charge in [0.25, 0.3) is 23.6 Å². The number of carbonyl (C=O) groups excluding carboxylic acids is 4. The van der Waals surface area contributed by atoms with Crippen molar-refractivity contribution < 1.29 is 60.1 Å². The number of benzene rings is 2. The van der Waals surface area contributed by atoms with E-state index >= 15 is 0 Å². The quantitative estimate of drug-likeness (QED) is 0.288. The summed E-state index contributed by atoms with van der Waals surface area (Å²) in [6, 6.07) is 12.8. The van der Waals surface area contributed by atoms with E-state index < -0.39 is 47.8 Å². The normalized spacial score (nSPS) is 14.9. The molecule has 0 aromatic heterocycles. The minimum Gasteiger partial charge on any atom is -0.479 e. The maximum absolute atomic E-state index is 11.9. The van der Waals surface area contributed by atoms with Crippen LogP contribution in [0.5, 0.6) is 0 Å². The van der Waals surface area contributed by atoms with E-state index in [4.69, 9.17) is 20.4 Å². The van der Waals surface area contributed by atoms with Crippen LogP contribution in [0.3, 0.4) is 0 Å². The second-order valence-corrected chi connectivity index (χ2v) is 7.90. The molecular weight excluding hydrogens is 508 g/mol. The molecule has 0 saturated heterocycles. The highest BCUT2D eigenvalue weighted by molar-refractivity contribution is 6.22. The van der Waals surface area contributed by atoms with Gasteiger partial charge in [0.05, 0.1) is 22.3 Å². The lowest BCUT2D eigenvalue weighted by atomic mass is 10.1. The van der Waals surface area contributed by atoms with E-state index in [2.05, 4.69) is 0 Å². The lowest BCUT2D eigenvalue weighted by Crippen LogP contribution is -2.34. The minimum absolute atomic E-state index is 0. The van der Waals surface area contributed by atoms with Crippen molar-refractivity contribution in [1.82, 2.24) is 9.80 Å². The number of hydrogen-bond donors (Lipinski definition) is 4.